The number of fused-ring (bicyclic) bond motifs is 1. The second-order valence-corrected chi connectivity index (χ2v) is 9.00. The minimum Gasteiger partial charge on any atom is -0.497 e. The summed E-state index contributed by atoms with van der Waals surface area (Å²) in [6, 6.07) is 14.8. The molecule has 1 N–H and O–H groups in total. The predicted molar refractivity (Wildman–Crippen MR) is 129 cm³/mol. The summed E-state index contributed by atoms with van der Waals surface area (Å²) in [7, 11) is 1.58. The van der Waals surface area contributed by atoms with Crippen molar-refractivity contribution in [1.29, 1.82) is 0 Å². The molecule has 2 aromatic carbocycles. The number of rotatable bonds is 6. The van der Waals surface area contributed by atoms with E-state index in [2.05, 4.69) is 10.4 Å². The molecule has 1 unspecified atom stereocenters. The average molecular weight is 461 g/mol. The summed E-state index contributed by atoms with van der Waals surface area (Å²) < 4.78 is 6.86. The Balaban J connectivity index is 1.33. The lowest BCUT2D eigenvalue weighted by Crippen LogP contribution is -2.34. The summed E-state index contributed by atoms with van der Waals surface area (Å²) in [5, 5.41) is 9.01. The van der Waals surface area contributed by atoms with Gasteiger partial charge in [0.1, 0.15) is 5.75 Å². The zero-order valence-electron chi connectivity index (χ0n) is 19.2. The molecule has 8 nitrogen and oxygen atoms in total. The Labute approximate surface area is 197 Å². The molecule has 2 aliphatic rings. The molecule has 1 aromatic heterocycles. The summed E-state index contributed by atoms with van der Waals surface area (Å²) in [6.07, 6.45) is 4.23. The molecule has 0 bridgehead atoms. The number of nitrogens with one attached hydrogen (secondary N) is 1. The molecule has 2 amide bonds. The van der Waals surface area contributed by atoms with Crippen LogP contribution in [0.4, 0.5) is 5.69 Å². The first-order chi connectivity index (χ1) is 16.5. The van der Waals surface area contributed by atoms with E-state index in [1.165, 1.54) is 0 Å². The molecule has 3 aromatic rings. The minimum atomic E-state index is -0.453. The zero-order chi connectivity index (χ0) is 23.7. The van der Waals surface area contributed by atoms with Crippen LogP contribution in [0.15, 0.2) is 53.3 Å². The molecular formula is C26H28N4O4. The third-order valence-corrected chi connectivity index (χ3v) is 6.87. The number of aromatic nitrogens is 2. The van der Waals surface area contributed by atoms with Crippen molar-refractivity contribution in [2.24, 2.45) is 5.92 Å². The fourth-order valence-electron chi connectivity index (χ4n) is 5.03. The van der Waals surface area contributed by atoms with Gasteiger partial charge in [-0.05, 0) is 31.0 Å². The van der Waals surface area contributed by atoms with E-state index in [0.717, 1.165) is 36.8 Å². The van der Waals surface area contributed by atoms with Crippen LogP contribution in [0.1, 0.15) is 43.8 Å². The highest BCUT2D eigenvalue weighted by atomic mass is 16.5. The Morgan fingerprint density at radius 2 is 1.85 bits per heavy atom. The van der Waals surface area contributed by atoms with E-state index < -0.39 is 5.92 Å². The van der Waals surface area contributed by atoms with Gasteiger partial charge >= 0.3 is 0 Å². The van der Waals surface area contributed by atoms with Gasteiger partial charge in [-0.15, -0.1) is 0 Å². The Hall–Kier alpha value is -3.68. The van der Waals surface area contributed by atoms with Crippen LogP contribution in [-0.4, -0.2) is 35.2 Å². The summed E-state index contributed by atoms with van der Waals surface area (Å²) in [5.74, 6) is -0.0748. The first-order valence-corrected chi connectivity index (χ1v) is 11.8. The third-order valence-electron chi connectivity index (χ3n) is 6.87. The maximum atomic E-state index is 13.0. The summed E-state index contributed by atoms with van der Waals surface area (Å²) >= 11 is 0. The van der Waals surface area contributed by atoms with Gasteiger partial charge in [0.2, 0.25) is 11.8 Å². The van der Waals surface area contributed by atoms with Crippen LogP contribution in [0.3, 0.4) is 0 Å². The predicted octanol–water partition coefficient (Wildman–Crippen LogP) is 3.19. The topological polar surface area (TPSA) is 93.5 Å². The van der Waals surface area contributed by atoms with Gasteiger partial charge in [0.25, 0.3) is 5.56 Å². The molecule has 1 atom stereocenters. The lowest BCUT2D eigenvalue weighted by atomic mass is 10.1. The summed E-state index contributed by atoms with van der Waals surface area (Å²) in [4.78, 5) is 40.3. The number of anilines is 1. The van der Waals surface area contributed by atoms with Gasteiger partial charge in [0.05, 0.1) is 36.7 Å². The fourth-order valence-corrected chi connectivity index (χ4v) is 5.03. The normalized spacial score (nSPS) is 18.6. The smallest absolute Gasteiger partial charge is 0.274 e. The number of ether oxygens (including phenoxy) is 1. The van der Waals surface area contributed by atoms with Crippen molar-refractivity contribution in [3.63, 3.8) is 0 Å². The molecule has 2 heterocycles. The lowest BCUT2D eigenvalue weighted by Gasteiger charge is -2.18. The van der Waals surface area contributed by atoms with Gasteiger partial charge in [-0.1, -0.05) is 37.1 Å². The standard InChI is InChI=1S/C26H28N4O4/c1-34-20-10-6-9-19(14-20)29-16-17(13-24(29)31)25(32)27-15-23-21-11-4-5-12-22(21)26(33)30(28-23)18-7-2-3-8-18/h4-6,9-12,14,17-18H,2-3,7-8,13,15-16H2,1H3,(H,27,32). The molecule has 0 spiro atoms. The van der Waals surface area contributed by atoms with Gasteiger partial charge in [-0.2, -0.15) is 5.10 Å². The molecule has 176 valence electrons. The molecule has 8 heteroatoms. The molecule has 1 saturated carbocycles. The molecule has 1 aliphatic heterocycles. The molecule has 1 aliphatic carbocycles. The van der Waals surface area contributed by atoms with E-state index in [-0.39, 0.29) is 36.4 Å². The fraction of sp³-hybridized carbons (Fsp3) is 0.385. The van der Waals surface area contributed by atoms with Gasteiger partial charge in [-0.25, -0.2) is 4.68 Å². The van der Waals surface area contributed by atoms with Gasteiger partial charge < -0.3 is 15.0 Å². The van der Waals surface area contributed by atoms with Crippen LogP contribution >= 0.6 is 0 Å². The lowest BCUT2D eigenvalue weighted by molar-refractivity contribution is -0.126. The summed E-state index contributed by atoms with van der Waals surface area (Å²) in [6.45, 7) is 0.518. The number of amides is 2. The van der Waals surface area contributed by atoms with E-state index in [4.69, 9.17) is 4.74 Å². The zero-order valence-corrected chi connectivity index (χ0v) is 19.2. The summed E-state index contributed by atoms with van der Waals surface area (Å²) in [5.41, 5.74) is 1.31. The average Bonchev–Trinajstić information content (AvgIpc) is 3.54. The Kier molecular flexibility index (Phi) is 6.04. The number of benzene rings is 2. The Morgan fingerprint density at radius 3 is 2.62 bits per heavy atom. The number of carbonyl (C=O) groups excluding carboxylic acids is 2. The molecular weight excluding hydrogens is 432 g/mol. The van der Waals surface area contributed by atoms with Crippen molar-refractivity contribution < 1.29 is 14.3 Å². The first-order valence-electron chi connectivity index (χ1n) is 11.8. The van der Waals surface area contributed by atoms with Crippen molar-refractivity contribution in [2.75, 3.05) is 18.6 Å². The molecule has 5 rings (SSSR count). The van der Waals surface area contributed by atoms with E-state index >= 15 is 0 Å². The van der Waals surface area contributed by atoms with Crippen LogP contribution < -0.4 is 20.5 Å². The highest BCUT2D eigenvalue weighted by Gasteiger charge is 2.35. The Morgan fingerprint density at radius 1 is 1.09 bits per heavy atom. The van der Waals surface area contributed by atoms with Crippen LogP contribution in [0, 0.1) is 5.92 Å². The van der Waals surface area contributed by atoms with Crippen molar-refractivity contribution in [3.8, 4) is 5.75 Å². The first kappa shape index (κ1) is 22.1. The highest BCUT2D eigenvalue weighted by Crippen LogP contribution is 2.29. The monoisotopic (exact) mass is 460 g/mol. The minimum absolute atomic E-state index is 0.0760. The SMILES string of the molecule is COc1cccc(N2CC(C(=O)NCc3nn(C4CCCC4)c(=O)c4ccccc34)CC2=O)c1. The molecule has 2 fully saturated rings. The number of carbonyl (C=O) groups is 2. The van der Waals surface area contributed by atoms with E-state index in [1.807, 2.05) is 42.5 Å². The number of hydrogen-bond donors (Lipinski definition) is 1. The van der Waals surface area contributed by atoms with E-state index in [0.29, 0.717) is 23.4 Å². The second-order valence-electron chi connectivity index (χ2n) is 9.00. The highest BCUT2D eigenvalue weighted by molar-refractivity contribution is 6.00. The largest absolute Gasteiger partial charge is 0.497 e. The second kappa shape index (κ2) is 9.29. The molecule has 34 heavy (non-hydrogen) atoms. The van der Waals surface area contributed by atoms with Crippen LogP contribution in [0.25, 0.3) is 10.8 Å². The van der Waals surface area contributed by atoms with Crippen molar-refractivity contribution in [3.05, 3.63) is 64.6 Å². The maximum Gasteiger partial charge on any atom is 0.274 e. The van der Waals surface area contributed by atoms with Crippen LogP contribution in [0.5, 0.6) is 5.75 Å². The van der Waals surface area contributed by atoms with E-state index in [1.54, 1.807) is 22.8 Å². The third kappa shape index (κ3) is 4.16. The quantitative estimate of drug-likeness (QED) is 0.610. The maximum absolute atomic E-state index is 13.0. The Bertz CT molecular complexity index is 1300. The van der Waals surface area contributed by atoms with Crippen molar-refractivity contribution in [2.45, 2.75) is 44.7 Å². The molecule has 1 saturated heterocycles. The van der Waals surface area contributed by atoms with Crippen LogP contribution in [-0.2, 0) is 16.1 Å². The van der Waals surface area contributed by atoms with Crippen molar-refractivity contribution >= 4 is 28.3 Å². The van der Waals surface area contributed by atoms with Gasteiger partial charge in [0, 0.05) is 30.1 Å². The number of hydrogen-bond acceptors (Lipinski definition) is 5. The molecule has 0 radical (unpaired) electrons. The van der Waals surface area contributed by atoms with Gasteiger partial charge in [0.15, 0.2) is 0 Å². The number of methoxy groups -OCH3 is 1. The number of nitrogens with zero attached hydrogens (tertiary/aromatic N) is 3. The van der Waals surface area contributed by atoms with Crippen LogP contribution in [0.2, 0.25) is 0 Å². The van der Waals surface area contributed by atoms with E-state index in [9.17, 15) is 14.4 Å². The van der Waals surface area contributed by atoms with Gasteiger partial charge in [-0.3, -0.25) is 14.4 Å². The van der Waals surface area contributed by atoms with Crippen molar-refractivity contribution in [1.82, 2.24) is 15.1 Å².